The standard InChI is InChI=1S/C14H8N8O3/c23-8-5-15-3-7(19-8)14-24-12-13(25-14)20-6(4-18-12)9-21-10-11(22-9)17-2-1-16-10/h1-5,14H,(H,19,23)(H,16,17,21,22). The summed E-state index contributed by atoms with van der Waals surface area (Å²) in [4.78, 5) is 41.9. The Morgan fingerprint density at radius 3 is 2.68 bits per heavy atom. The molecule has 5 rings (SSSR count). The number of nitrogens with one attached hydrogen (secondary N) is 2. The van der Waals surface area contributed by atoms with Crippen molar-refractivity contribution in [1.82, 2.24) is 39.9 Å². The predicted molar refractivity (Wildman–Crippen MR) is 81.6 cm³/mol. The first-order chi connectivity index (χ1) is 12.3. The third kappa shape index (κ3) is 2.25. The molecule has 1 unspecified atom stereocenters. The molecular formula is C14H8N8O3. The van der Waals surface area contributed by atoms with Gasteiger partial charge in [-0.25, -0.2) is 24.9 Å². The Morgan fingerprint density at radius 2 is 1.80 bits per heavy atom. The molecule has 0 saturated heterocycles. The number of ether oxygens (including phenoxy) is 2. The minimum Gasteiger partial charge on any atom is -0.427 e. The summed E-state index contributed by atoms with van der Waals surface area (Å²) in [6, 6.07) is 0. The second-order valence-electron chi connectivity index (χ2n) is 5.10. The number of nitrogens with zero attached hydrogens (tertiary/aromatic N) is 6. The van der Waals surface area contributed by atoms with Gasteiger partial charge in [-0.05, 0) is 0 Å². The summed E-state index contributed by atoms with van der Waals surface area (Å²) in [5, 5.41) is 0. The molecule has 0 spiro atoms. The summed E-state index contributed by atoms with van der Waals surface area (Å²) in [7, 11) is 0. The van der Waals surface area contributed by atoms with E-state index < -0.39 is 6.29 Å². The molecule has 4 aromatic rings. The van der Waals surface area contributed by atoms with Crippen LogP contribution in [0.15, 0.2) is 35.8 Å². The van der Waals surface area contributed by atoms with E-state index >= 15 is 0 Å². The van der Waals surface area contributed by atoms with Crippen molar-refractivity contribution in [2.75, 3.05) is 0 Å². The number of rotatable bonds is 2. The topological polar surface area (TPSA) is 144 Å². The van der Waals surface area contributed by atoms with Crippen LogP contribution in [-0.2, 0) is 0 Å². The van der Waals surface area contributed by atoms with Gasteiger partial charge in [-0.2, -0.15) is 0 Å². The molecule has 4 aromatic heterocycles. The van der Waals surface area contributed by atoms with Gasteiger partial charge in [0, 0.05) is 12.4 Å². The van der Waals surface area contributed by atoms with Gasteiger partial charge in [0.1, 0.15) is 11.4 Å². The SMILES string of the molecule is O=c1cncc(C2Oc3ncc(-c4nc5nccnc5[nH]4)nc3O2)[nH]1. The van der Waals surface area contributed by atoms with Crippen LogP contribution < -0.4 is 15.0 Å². The lowest BCUT2D eigenvalue weighted by molar-refractivity contribution is 0.0400. The van der Waals surface area contributed by atoms with Crippen molar-refractivity contribution in [2.24, 2.45) is 0 Å². The van der Waals surface area contributed by atoms with Crippen molar-refractivity contribution < 1.29 is 9.47 Å². The van der Waals surface area contributed by atoms with Gasteiger partial charge >= 0.3 is 0 Å². The first kappa shape index (κ1) is 13.5. The van der Waals surface area contributed by atoms with E-state index in [4.69, 9.17) is 9.47 Å². The number of fused-ring (bicyclic) bond motifs is 2. The molecule has 5 heterocycles. The van der Waals surface area contributed by atoms with Crippen LogP contribution in [0.4, 0.5) is 0 Å². The summed E-state index contributed by atoms with van der Waals surface area (Å²) in [6.45, 7) is 0. The molecule has 0 saturated carbocycles. The molecule has 1 aliphatic rings. The van der Waals surface area contributed by atoms with Crippen molar-refractivity contribution >= 4 is 11.3 Å². The predicted octanol–water partition coefficient (Wildman–Crippen LogP) is 0.363. The molecule has 0 bridgehead atoms. The van der Waals surface area contributed by atoms with E-state index in [0.29, 0.717) is 28.5 Å². The highest BCUT2D eigenvalue weighted by molar-refractivity contribution is 5.70. The van der Waals surface area contributed by atoms with E-state index in [2.05, 4.69) is 39.9 Å². The fraction of sp³-hybridized carbons (Fsp3) is 0.0714. The van der Waals surface area contributed by atoms with E-state index in [1.165, 1.54) is 12.4 Å². The Kier molecular flexibility index (Phi) is 2.74. The van der Waals surface area contributed by atoms with E-state index in [9.17, 15) is 4.79 Å². The lowest BCUT2D eigenvalue weighted by Crippen LogP contribution is -2.16. The highest BCUT2D eigenvalue weighted by Gasteiger charge is 2.30. The highest BCUT2D eigenvalue weighted by Crippen LogP contribution is 2.37. The molecule has 0 radical (unpaired) electrons. The van der Waals surface area contributed by atoms with E-state index in [1.807, 2.05) is 0 Å². The van der Waals surface area contributed by atoms with E-state index in [-0.39, 0.29) is 17.3 Å². The smallest absolute Gasteiger partial charge is 0.287 e. The lowest BCUT2D eigenvalue weighted by Gasteiger charge is -2.07. The third-order valence-corrected chi connectivity index (χ3v) is 3.45. The monoisotopic (exact) mass is 336 g/mol. The molecule has 0 amide bonds. The molecule has 1 aliphatic heterocycles. The third-order valence-electron chi connectivity index (χ3n) is 3.45. The Bertz CT molecular complexity index is 1120. The van der Waals surface area contributed by atoms with Crippen LogP contribution in [0.2, 0.25) is 0 Å². The van der Waals surface area contributed by atoms with Gasteiger partial charge in [0.2, 0.25) is 0 Å². The fourth-order valence-corrected chi connectivity index (χ4v) is 2.37. The number of imidazole rings is 1. The highest BCUT2D eigenvalue weighted by atomic mass is 16.7. The molecule has 11 heteroatoms. The maximum absolute atomic E-state index is 11.4. The van der Waals surface area contributed by atoms with Gasteiger partial charge in [0.25, 0.3) is 23.6 Å². The quantitative estimate of drug-likeness (QED) is 0.530. The Balaban J connectivity index is 1.49. The summed E-state index contributed by atoms with van der Waals surface area (Å²) in [5.74, 6) is 0.859. The zero-order chi connectivity index (χ0) is 16.8. The molecule has 0 aliphatic carbocycles. The normalized spacial score (nSPS) is 15.6. The maximum Gasteiger partial charge on any atom is 0.287 e. The summed E-state index contributed by atoms with van der Waals surface area (Å²) < 4.78 is 11.1. The Hall–Kier alpha value is -3.89. The fourth-order valence-electron chi connectivity index (χ4n) is 2.37. The van der Waals surface area contributed by atoms with Crippen LogP contribution in [-0.4, -0.2) is 39.9 Å². The average Bonchev–Trinajstić information content (AvgIpc) is 3.25. The molecule has 122 valence electrons. The molecular weight excluding hydrogens is 328 g/mol. The molecule has 25 heavy (non-hydrogen) atoms. The van der Waals surface area contributed by atoms with Crippen molar-refractivity contribution in [1.29, 1.82) is 0 Å². The molecule has 0 aromatic carbocycles. The average molecular weight is 336 g/mol. The van der Waals surface area contributed by atoms with Crippen molar-refractivity contribution in [3.8, 4) is 23.3 Å². The van der Waals surface area contributed by atoms with Gasteiger partial charge in [-0.3, -0.25) is 9.78 Å². The maximum atomic E-state index is 11.4. The van der Waals surface area contributed by atoms with Crippen LogP contribution in [0.3, 0.4) is 0 Å². The molecule has 2 N–H and O–H groups in total. The van der Waals surface area contributed by atoms with Crippen LogP contribution in [0.5, 0.6) is 11.8 Å². The second-order valence-corrected chi connectivity index (χ2v) is 5.10. The summed E-state index contributed by atoms with van der Waals surface area (Å²) in [5.41, 5.74) is 1.48. The number of aromatic nitrogens is 8. The molecule has 1 atom stereocenters. The van der Waals surface area contributed by atoms with Gasteiger partial charge in [0.15, 0.2) is 17.1 Å². The van der Waals surface area contributed by atoms with Crippen molar-refractivity contribution in [3.05, 3.63) is 47.0 Å². The zero-order valence-corrected chi connectivity index (χ0v) is 12.4. The summed E-state index contributed by atoms with van der Waals surface area (Å²) >= 11 is 0. The lowest BCUT2D eigenvalue weighted by atomic mass is 10.4. The van der Waals surface area contributed by atoms with Crippen LogP contribution >= 0.6 is 0 Å². The van der Waals surface area contributed by atoms with Crippen molar-refractivity contribution in [2.45, 2.75) is 6.29 Å². The second kappa shape index (κ2) is 5.06. The van der Waals surface area contributed by atoms with E-state index in [0.717, 1.165) is 6.20 Å². The van der Waals surface area contributed by atoms with Crippen LogP contribution in [0, 0.1) is 0 Å². The summed E-state index contributed by atoms with van der Waals surface area (Å²) in [6.07, 6.45) is 6.34. The van der Waals surface area contributed by atoms with Gasteiger partial charge in [-0.1, -0.05) is 0 Å². The zero-order valence-electron chi connectivity index (χ0n) is 12.4. The van der Waals surface area contributed by atoms with Crippen LogP contribution in [0.1, 0.15) is 12.0 Å². The number of H-pyrrole nitrogens is 2. The number of aromatic amines is 2. The minimum atomic E-state index is -0.870. The van der Waals surface area contributed by atoms with Gasteiger partial charge in [-0.15, -0.1) is 0 Å². The first-order valence-corrected chi connectivity index (χ1v) is 7.18. The largest absolute Gasteiger partial charge is 0.427 e. The van der Waals surface area contributed by atoms with Gasteiger partial charge < -0.3 is 19.4 Å². The Morgan fingerprint density at radius 1 is 0.920 bits per heavy atom. The van der Waals surface area contributed by atoms with E-state index in [1.54, 1.807) is 12.4 Å². The van der Waals surface area contributed by atoms with Gasteiger partial charge in [0.05, 0.1) is 18.6 Å². The minimum absolute atomic E-state index is 0.188. The first-order valence-electron chi connectivity index (χ1n) is 7.18. The van der Waals surface area contributed by atoms with Crippen LogP contribution in [0.25, 0.3) is 22.8 Å². The molecule has 11 nitrogen and oxygen atoms in total. The Labute approximate surface area is 138 Å². The number of hydrogen-bond donors (Lipinski definition) is 2. The van der Waals surface area contributed by atoms with Crippen molar-refractivity contribution in [3.63, 3.8) is 0 Å². The molecule has 0 fully saturated rings. The number of hydrogen-bond acceptors (Lipinski definition) is 9.